The number of aryl methyl sites for hydroxylation is 1. The summed E-state index contributed by atoms with van der Waals surface area (Å²) in [5.41, 5.74) is 2.64. The van der Waals surface area contributed by atoms with Crippen molar-refractivity contribution in [3.05, 3.63) is 125 Å². The Morgan fingerprint density at radius 3 is 2.17 bits per heavy atom. The first-order valence-electron chi connectivity index (χ1n) is 15.8. The molecule has 4 aromatic rings. The third kappa shape index (κ3) is 8.53. The molecule has 0 bridgehead atoms. The number of methoxy groups -OCH3 is 1. The van der Waals surface area contributed by atoms with Crippen LogP contribution in [0.2, 0.25) is 5.02 Å². The van der Waals surface area contributed by atoms with E-state index in [1.807, 2.05) is 43.3 Å². The predicted octanol–water partition coefficient (Wildman–Crippen LogP) is 6.55. The highest BCUT2D eigenvalue weighted by atomic mass is 35.5. The van der Waals surface area contributed by atoms with E-state index in [2.05, 4.69) is 5.32 Å². The van der Waals surface area contributed by atoms with Gasteiger partial charge in [-0.3, -0.25) is 13.9 Å². The van der Waals surface area contributed by atoms with Crippen LogP contribution in [0, 0.1) is 6.92 Å². The lowest BCUT2D eigenvalue weighted by Crippen LogP contribution is -2.54. The summed E-state index contributed by atoms with van der Waals surface area (Å²) in [6.45, 7) is 1.34. The minimum atomic E-state index is -4.25. The van der Waals surface area contributed by atoms with E-state index < -0.39 is 28.5 Å². The number of carbonyl (C=O) groups is 2. The lowest BCUT2D eigenvalue weighted by Gasteiger charge is -2.34. The van der Waals surface area contributed by atoms with Crippen molar-refractivity contribution in [3.63, 3.8) is 0 Å². The number of halogens is 1. The molecule has 1 aliphatic rings. The molecule has 5 rings (SSSR count). The number of nitrogens with one attached hydrogen (secondary N) is 1. The molecule has 47 heavy (non-hydrogen) atoms. The quantitative estimate of drug-likeness (QED) is 0.174. The highest BCUT2D eigenvalue weighted by Crippen LogP contribution is 2.34. The number of benzene rings is 4. The molecular weight excluding hydrogens is 634 g/mol. The number of amides is 2. The highest BCUT2D eigenvalue weighted by Gasteiger charge is 2.36. The van der Waals surface area contributed by atoms with Crippen LogP contribution in [-0.4, -0.2) is 50.9 Å². The number of anilines is 1. The first-order valence-corrected chi connectivity index (χ1v) is 17.6. The number of ether oxygens (including phenoxy) is 1. The monoisotopic (exact) mass is 673 g/mol. The summed E-state index contributed by atoms with van der Waals surface area (Å²) >= 11 is 6.18. The van der Waals surface area contributed by atoms with E-state index in [1.165, 1.54) is 24.1 Å². The van der Waals surface area contributed by atoms with Crippen molar-refractivity contribution in [3.8, 4) is 5.75 Å². The van der Waals surface area contributed by atoms with Gasteiger partial charge in [0.25, 0.3) is 10.0 Å². The predicted molar refractivity (Wildman–Crippen MR) is 185 cm³/mol. The maximum atomic E-state index is 14.7. The molecule has 0 saturated heterocycles. The standard InChI is InChI=1S/C37H40ClN3O5S/c1-27-17-22-35(46-2)33(23-27)41(47(44,45)32-15-7-4-8-16-32)26-36(42)40(25-29-18-20-30(38)21-19-29)34(24-28-11-5-3-6-12-28)37(43)39-31-13-9-10-14-31/h3-8,11-12,15-23,31,34H,9-10,13-14,24-26H2,1-2H3,(H,39,43). The summed E-state index contributed by atoms with van der Waals surface area (Å²) in [7, 11) is -2.79. The molecule has 0 heterocycles. The van der Waals surface area contributed by atoms with Crippen molar-refractivity contribution in [2.45, 2.75) is 62.6 Å². The molecule has 1 atom stereocenters. The van der Waals surface area contributed by atoms with E-state index in [1.54, 1.807) is 54.6 Å². The van der Waals surface area contributed by atoms with Crippen LogP contribution >= 0.6 is 11.6 Å². The van der Waals surface area contributed by atoms with E-state index >= 15 is 0 Å². The molecule has 0 radical (unpaired) electrons. The lowest BCUT2D eigenvalue weighted by atomic mass is 10.0. The van der Waals surface area contributed by atoms with Crippen molar-refractivity contribution in [1.82, 2.24) is 10.2 Å². The molecule has 1 unspecified atom stereocenters. The first kappa shape index (κ1) is 34.0. The van der Waals surface area contributed by atoms with Gasteiger partial charge in [-0.2, -0.15) is 0 Å². The number of carbonyl (C=O) groups excluding carboxylic acids is 2. The van der Waals surface area contributed by atoms with Gasteiger partial charge in [0.05, 0.1) is 17.7 Å². The van der Waals surface area contributed by atoms with Crippen LogP contribution in [0.5, 0.6) is 5.75 Å². The summed E-state index contributed by atoms with van der Waals surface area (Å²) in [6, 6.07) is 28.9. The normalized spacial score (nSPS) is 13.9. The Labute approximate surface area is 282 Å². The van der Waals surface area contributed by atoms with Crippen LogP contribution in [-0.2, 0) is 32.6 Å². The maximum Gasteiger partial charge on any atom is 0.264 e. The van der Waals surface area contributed by atoms with Crippen molar-refractivity contribution in [2.24, 2.45) is 0 Å². The van der Waals surface area contributed by atoms with Gasteiger partial charge in [-0.15, -0.1) is 0 Å². The maximum absolute atomic E-state index is 14.7. The van der Waals surface area contributed by atoms with Gasteiger partial charge < -0.3 is 15.0 Å². The molecule has 0 spiro atoms. The van der Waals surface area contributed by atoms with Crippen LogP contribution in [0.15, 0.2) is 108 Å². The fourth-order valence-electron chi connectivity index (χ4n) is 5.94. The van der Waals surface area contributed by atoms with Crippen molar-refractivity contribution < 1.29 is 22.7 Å². The SMILES string of the molecule is COc1ccc(C)cc1N(CC(=O)N(Cc1ccc(Cl)cc1)C(Cc1ccccc1)C(=O)NC1CCCC1)S(=O)(=O)c1ccccc1. The molecule has 1 fully saturated rings. The zero-order valence-electron chi connectivity index (χ0n) is 26.6. The van der Waals surface area contributed by atoms with Gasteiger partial charge in [-0.05, 0) is 72.9 Å². The van der Waals surface area contributed by atoms with Gasteiger partial charge in [0.1, 0.15) is 18.3 Å². The lowest BCUT2D eigenvalue weighted by molar-refractivity contribution is -0.140. The summed E-state index contributed by atoms with van der Waals surface area (Å²) in [4.78, 5) is 30.4. The Balaban J connectivity index is 1.59. The molecule has 0 aromatic heterocycles. The number of sulfonamides is 1. The van der Waals surface area contributed by atoms with Crippen LogP contribution in [0.1, 0.15) is 42.4 Å². The average molecular weight is 674 g/mol. The van der Waals surface area contributed by atoms with E-state index in [9.17, 15) is 18.0 Å². The second-order valence-corrected chi connectivity index (χ2v) is 14.1. The summed E-state index contributed by atoms with van der Waals surface area (Å²) < 4.78 is 35.3. The topological polar surface area (TPSA) is 96.0 Å². The average Bonchev–Trinajstić information content (AvgIpc) is 3.59. The van der Waals surface area contributed by atoms with Gasteiger partial charge in [0, 0.05) is 24.0 Å². The molecule has 1 aliphatic carbocycles. The number of hydrogen-bond donors (Lipinski definition) is 1. The van der Waals surface area contributed by atoms with E-state index in [-0.39, 0.29) is 35.5 Å². The van der Waals surface area contributed by atoms with Gasteiger partial charge in [-0.25, -0.2) is 8.42 Å². The molecule has 1 saturated carbocycles. The van der Waals surface area contributed by atoms with Gasteiger partial charge in [0.15, 0.2) is 0 Å². The van der Waals surface area contributed by atoms with E-state index in [0.29, 0.717) is 10.8 Å². The van der Waals surface area contributed by atoms with Gasteiger partial charge in [0.2, 0.25) is 11.8 Å². The summed E-state index contributed by atoms with van der Waals surface area (Å²) in [6.07, 6.45) is 4.08. The number of nitrogens with zero attached hydrogens (tertiary/aromatic N) is 2. The molecular formula is C37H40ClN3O5S. The van der Waals surface area contributed by atoms with Gasteiger partial charge in [-0.1, -0.05) is 91.2 Å². The van der Waals surface area contributed by atoms with Crippen molar-refractivity contribution >= 4 is 39.1 Å². The smallest absolute Gasteiger partial charge is 0.264 e. The summed E-state index contributed by atoms with van der Waals surface area (Å²) in [5, 5.41) is 3.73. The Morgan fingerprint density at radius 2 is 1.53 bits per heavy atom. The van der Waals surface area contributed by atoms with Gasteiger partial charge >= 0.3 is 0 Å². The minimum Gasteiger partial charge on any atom is -0.495 e. The molecule has 2 amide bonds. The minimum absolute atomic E-state index is 0.0276. The summed E-state index contributed by atoms with van der Waals surface area (Å²) in [5.74, 6) is -0.508. The second-order valence-electron chi connectivity index (χ2n) is 11.8. The Morgan fingerprint density at radius 1 is 0.894 bits per heavy atom. The van der Waals surface area contributed by atoms with E-state index in [0.717, 1.165) is 46.7 Å². The fraction of sp³-hybridized carbons (Fsp3) is 0.297. The van der Waals surface area contributed by atoms with E-state index in [4.69, 9.17) is 16.3 Å². The third-order valence-corrected chi connectivity index (χ3v) is 10.5. The molecule has 0 aliphatic heterocycles. The van der Waals surface area contributed by atoms with Crippen LogP contribution in [0.4, 0.5) is 5.69 Å². The largest absolute Gasteiger partial charge is 0.495 e. The number of rotatable bonds is 13. The molecule has 8 nitrogen and oxygen atoms in total. The molecule has 4 aromatic carbocycles. The van der Waals surface area contributed by atoms with Crippen LogP contribution < -0.4 is 14.4 Å². The zero-order chi connectivity index (χ0) is 33.4. The van der Waals surface area contributed by atoms with Crippen molar-refractivity contribution in [1.29, 1.82) is 0 Å². The Kier molecular flexibility index (Phi) is 11.2. The highest BCUT2D eigenvalue weighted by molar-refractivity contribution is 7.92. The zero-order valence-corrected chi connectivity index (χ0v) is 28.2. The van der Waals surface area contributed by atoms with Crippen molar-refractivity contribution in [2.75, 3.05) is 18.0 Å². The Bertz CT molecular complexity index is 1760. The van der Waals surface area contributed by atoms with Crippen LogP contribution in [0.3, 0.4) is 0 Å². The van der Waals surface area contributed by atoms with Crippen LogP contribution in [0.25, 0.3) is 0 Å². The first-order chi connectivity index (χ1) is 22.7. The molecule has 246 valence electrons. The fourth-order valence-corrected chi connectivity index (χ4v) is 7.50. The number of hydrogen-bond acceptors (Lipinski definition) is 5. The third-order valence-electron chi connectivity index (χ3n) is 8.45. The second kappa shape index (κ2) is 15.5. The molecule has 10 heteroatoms. The Hall–Kier alpha value is -4.34. The molecule has 1 N–H and O–H groups in total.